The molecule has 0 saturated heterocycles. The highest BCUT2D eigenvalue weighted by Crippen LogP contribution is 2.34. The highest BCUT2D eigenvalue weighted by Gasteiger charge is 2.16. The van der Waals surface area contributed by atoms with Crippen molar-refractivity contribution in [1.82, 2.24) is 4.98 Å². The highest BCUT2D eigenvalue weighted by atomic mass is 32.1. The summed E-state index contributed by atoms with van der Waals surface area (Å²) in [6.45, 7) is 0. The SMILES string of the molecule is COc1ccc2oc(-c3ccc(OC)c(OC)c3)c/c(=N\c3nc4c(s3)CCCC4)c2c1. The Balaban J connectivity index is 1.71. The molecule has 0 aliphatic heterocycles. The van der Waals surface area contributed by atoms with Crippen molar-refractivity contribution in [3.63, 3.8) is 0 Å². The molecule has 1 aliphatic rings. The maximum absolute atomic E-state index is 6.25. The van der Waals surface area contributed by atoms with Crippen molar-refractivity contribution in [2.75, 3.05) is 21.3 Å². The summed E-state index contributed by atoms with van der Waals surface area (Å²) < 4.78 is 22.5. The van der Waals surface area contributed by atoms with E-state index in [0.29, 0.717) is 17.3 Å². The molecule has 0 bridgehead atoms. The molecular formula is C25H24N2O4S. The molecule has 0 N–H and O–H groups in total. The zero-order valence-corrected chi connectivity index (χ0v) is 19.1. The molecule has 5 rings (SSSR count). The minimum atomic E-state index is 0.640. The van der Waals surface area contributed by atoms with Gasteiger partial charge in [-0.1, -0.05) is 11.3 Å². The summed E-state index contributed by atoms with van der Waals surface area (Å²) in [4.78, 5) is 11.1. The third-order valence-electron chi connectivity index (χ3n) is 5.67. The molecule has 0 fully saturated rings. The number of rotatable bonds is 5. The molecule has 0 radical (unpaired) electrons. The number of fused-ring (bicyclic) bond motifs is 2. The van der Waals surface area contributed by atoms with E-state index in [1.807, 2.05) is 42.5 Å². The Hall–Kier alpha value is -3.32. The van der Waals surface area contributed by atoms with Crippen LogP contribution in [0.1, 0.15) is 23.4 Å². The van der Waals surface area contributed by atoms with Gasteiger partial charge in [0.1, 0.15) is 17.1 Å². The van der Waals surface area contributed by atoms with Gasteiger partial charge >= 0.3 is 0 Å². The van der Waals surface area contributed by atoms with Gasteiger partial charge in [-0.05, 0) is 62.1 Å². The van der Waals surface area contributed by atoms with Crippen molar-refractivity contribution in [3.05, 3.63) is 58.4 Å². The fourth-order valence-corrected chi connectivity index (χ4v) is 5.02. The Kier molecular flexibility index (Phi) is 5.57. The van der Waals surface area contributed by atoms with Crippen LogP contribution >= 0.6 is 11.3 Å². The predicted octanol–water partition coefficient (Wildman–Crippen LogP) is 5.69. The Bertz CT molecular complexity index is 1330. The van der Waals surface area contributed by atoms with E-state index >= 15 is 0 Å². The van der Waals surface area contributed by atoms with Crippen LogP contribution in [0.3, 0.4) is 0 Å². The van der Waals surface area contributed by atoms with E-state index in [-0.39, 0.29) is 0 Å². The molecule has 2 aromatic heterocycles. The third kappa shape index (κ3) is 3.84. The number of benzene rings is 2. The fourth-order valence-electron chi connectivity index (χ4n) is 3.99. The first-order chi connectivity index (χ1) is 15.7. The Labute approximate surface area is 190 Å². The number of hydrogen-bond donors (Lipinski definition) is 0. The van der Waals surface area contributed by atoms with Crippen molar-refractivity contribution < 1.29 is 18.6 Å². The second kappa shape index (κ2) is 8.67. The van der Waals surface area contributed by atoms with Crippen molar-refractivity contribution in [2.24, 2.45) is 4.99 Å². The minimum Gasteiger partial charge on any atom is -0.497 e. The summed E-state index contributed by atoms with van der Waals surface area (Å²) in [6.07, 6.45) is 4.56. The van der Waals surface area contributed by atoms with Crippen LogP contribution in [0.15, 0.2) is 51.9 Å². The smallest absolute Gasteiger partial charge is 0.210 e. The molecule has 0 spiro atoms. The number of methoxy groups -OCH3 is 3. The maximum atomic E-state index is 6.25. The van der Waals surface area contributed by atoms with Crippen molar-refractivity contribution in [2.45, 2.75) is 25.7 Å². The zero-order valence-electron chi connectivity index (χ0n) is 18.3. The predicted molar refractivity (Wildman–Crippen MR) is 125 cm³/mol. The van der Waals surface area contributed by atoms with Crippen LogP contribution < -0.4 is 19.6 Å². The monoisotopic (exact) mass is 448 g/mol. The van der Waals surface area contributed by atoms with Gasteiger partial charge in [0.15, 0.2) is 11.5 Å². The summed E-state index contributed by atoms with van der Waals surface area (Å²) >= 11 is 1.69. The number of thiazole rings is 1. The lowest BCUT2D eigenvalue weighted by Crippen LogP contribution is -2.04. The molecule has 2 heterocycles. The van der Waals surface area contributed by atoms with Gasteiger partial charge in [0.05, 0.1) is 32.4 Å². The van der Waals surface area contributed by atoms with Crippen molar-refractivity contribution in [1.29, 1.82) is 0 Å². The summed E-state index contributed by atoms with van der Waals surface area (Å²) in [5, 5.41) is 2.45. The number of nitrogens with zero attached hydrogens (tertiary/aromatic N) is 2. The van der Waals surface area contributed by atoms with Gasteiger partial charge in [0, 0.05) is 21.9 Å². The molecule has 0 unspecified atom stereocenters. The van der Waals surface area contributed by atoms with Crippen LogP contribution in [0.25, 0.3) is 22.3 Å². The van der Waals surface area contributed by atoms with Gasteiger partial charge in [0.25, 0.3) is 0 Å². The molecule has 0 amide bonds. The Morgan fingerprint density at radius 2 is 1.75 bits per heavy atom. The molecule has 2 aromatic carbocycles. The van der Waals surface area contributed by atoms with Gasteiger partial charge in [-0.2, -0.15) is 0 Å². The molecule has 32 heavy (non-hydrogen) atoms. The third-order valence-corrected chi connectivity index (χ3v) is 6.72. The maximum Gasteiger partial charge on any atom is 0.210 e. The van der Waals surface area contributed by atoms with Crippen LogP contribution in [0.2, 0.25) is 0 Å². The first-order valence-corrected chi connectivity index (χ1v) is 11.4. The van der Waals surface area contributed by atoms with E-state index in [1.165, 1.54) is 23.4 Å². The first-order valence-electron chi connectivity index (χ1n) is 10.6. The van der Waals surface area contributed by atoms with Crippen LogP contribution in [0.5, 0.6) is 17.2 Å². The summed E-state index contributed by atoms with van der Waals surface area (Å²) in [6, 6.07) is 13.4. The molecule has 0 saturated carbocycles. The lowest BCUT2D eigenvalue weighted by molar-refractivity contribution is 0.355. The Morgan fingerprint density at radius 3 is 2.53 bits per heavy atom. The average Bonchev–Trinajstić information content (AvgIpc) is 3.25. The molecule has 1 aliphatic carbocycles. The molecular weight excluding hydrogens is 424 g/mol. The second-order valence-corrected chi connectivity index (χ2v) is 8.68. The van der Waals surface area contributed by atoms with E-state index in [0.717, 1.165) is 45.6 Å². The first kappa shape index (κ1) is 20.6. The number of aryl methyl sites for hydroxylation is 2. The van der Waals surface area contributed by atoms with Crippen LogP contribution in [0, 0.1) is 0 Å². The molecule has 0 atom stereocenters. The average molecular weight is 449 g/mol. The largest absolute Gasteiger partial charge is 0.497 e. The zero-order chi connectivity index (χ0) is 22.1. The highest BCUT2D eigenvalue weighted by molar-refractivity contribution is 7.15. The van der Waals surface area contributed by atoms with Gasteiger partial charge in [0.2, 0.25) is 5.13 Å². The lowest BCUT2D eigenvalue weighted by atomic mass is 10.0. The number of ether oxygens (including phenoxy) is 3. The van der Waals surface area contributed by atoms with E-state index in [4.69, 9.17) is 28.6 Å². The molecule has 7 heteroatoms. The molecule has 4 aromatic rings. The van der Waals surface area contributed by atoms with E-state index in [1.54, 1.807) is 32.7 Å². The molecule has 6 nitrogen and oxygen atoms in total. The summed E-state index contributed by atoms with van der Waals surface area (Å²) in [5.41, 5.74) is 2.79. The summed E-state index contributed by atoms with van der Waals surface area (Å²) in [5.74, 6) is 2.74. The van der Waals surface area contributed by atoms with Crippen LogP contribution in [-0.4, -0.2) is 26.3 Å². The standard InChI is InChI=1S/C25H24N2O4S/c1-28-16-9-11-20-17(13-16)19(27-25-26-18-6-4-5-7-24(18)32-25)14-22(31-20)15-8-10-21(29-2)23(12-15)30-3/h8-14H,4-7H2,1-3H3/b27-19+. The fraction of sp³-hybridized carbons (Fsp3) is 0.280. The van der Waals surface area contributed by atoms with Gasteiger partial charge in [-0.15, -0.1) is 0 Å². The Morgan fingerprint density at radius 1 is 0.906 bits per heavy atom. The molecule has 164 valence electrons. The number of aromatic nitrogens is 1. The van der Waals surface area contributed by atoms with Crippen LogP contribution in [0.4, 0.5) is 5.13 Å². The lowest BCUT2D eigenvalue weighted by Gasteiger charge is -2.10. The quantitative estimate of drug-likeness (QED) is 0.392. The van der Waals surface area contributed by atoms with Gasteiger partial charge < -0.3 is 18.6 Å². The minimum absolute atomic E-state index is 0.640. The van der Waals surface area contributed by atoms with E-state index in [9.17, 15) is 0 Å². The van der Waals surface area contributed by atoms with E-state index < -0.39 is 0 Å². The van der Waals surface area contributed by atoms with Crippen molar-refractivity contribution >= 4 is 27.4 Å². The summed E-state index contributed by atoms with van der Waals surface area (Å²) in [7, 11) is 4.90. The van der Waals surface area contributed by atoms with Gasteiger partial charge in [-0.25, -0.2) is 9.98 Å². The normalized spacial score (nSPS) is 13.8. The van der Waals surface area contributed by atoms with Crippen molar-refractivity contribution in [3.8, 4) is 28.6 Å². The van der Waals surface area contributed by atoms with Gasteiger partial charge in [-0.3, -0.25) is 0 Å². The topological polar surface area (TPSA) is 66.1 Å². The van der Waals surface area contributed by atoms with Crippen LogP contribution in [-0.2, 0) is 12.8 Å². The second-order valence-electron chi connectivity index (χ2n) is 7.61. The van der Waals surface area contributed by atoms with E-state index in [2.05, 4.69) is 0 Å². The number of hydrogen-bond acceptors (Lipinski definition) is 7.